The predicted octanol–water partition coefficient (Wildman–Crippen LogP) is 7.50. The highest BCUT2D eigenvalue weighted by Gasteiger charge is 2.31. The van der Waals surface area contributed by atoms with Gasteiger partial charge in [0.2, 0.25) is 0 Å². The van der Waals surface area contributed by atoms with Crippen molar-refractivity contribution in [3.8, 4) is 22.6 Å². The van der Waals surface area contributed by atoms with Crippen LogP contribution in [0.4, 0.5) is 13.2 Å². The molecule has 1 aromatic heterocycles. The molecule has 0 aliphatic carbocycles. The van der Waals surface area contributed by atoms with E-state index in [1.807, 2.05) is 26.0 Å². The Morgan fingerprint density at radius 3 is 2.34 bits per heavy atom. The van der Waals surface area contributed by atoms with Crippen molar-refractivity contribution in [1.82, 2.24) is 9.47 Å². The van der Waals surface area contributed by atoms with E-state index in [4.69, 9.17) is 16.2 Å². The second-order valence-electron chi connectivity index (χ2n) is 11.1. The number of halogens is 3. The molecule has 0 bridgehead atoms. The summed E-state index contributed by atoms with van der Waals surface area (Å²) in [6.07, 6.45) is 1.38. The Morgan fingerprint density at radius 1 is 0.886 bits per heavy atom. The van der Waals surface area contributed by atoms with Gasteiger partial charge >= 0.3 is 6.36 Å². The lowest BCUT2D eigenvalue weighted by Gasteiger charge is -2.32. The fraction of sp³-hybridized carbons (Fsp3) is 0.429. The number of fused-ring (bicyclic) bond motifs is 1. The Kier molecular flexibility index (Phi) is 11.7. The lowest BCUT2D eigenvalue weighted by molar-refractivity contribution is -0.274. The Morgan fingerprint density at radius 2 is 1.66 bits per heavy atom. The second-order valence-corrected chi connectivity index (χ2v) is 11.1. The number of nitrogens with two attached hydrogens (primary N) is 2. The SMILES string of the molecule is CC.COc1cccc(CN2CCC(Cc3ccc4c(c3)c(-c3ccc(OC(F)(F)F)cc3CN)cn4CCCN)CC2)c1. The molecule has 2 heterocycles. The number of aromatic nitrogens is 1. The molecule has 9 heteroatoms. The van der Waals surface area contributed by atoms with Crippen LogP contribution in [0.25, 0.3) is 22.0 Å². The summed E-state index contributed by atoms with van der Waals surface area (Å²) in [5, 5.41) is 1.07. The molecule has 6 nitrogen and oxygen atoms in total. The van der Waals surface area contributed by atoms with E-state index in [0.717, 1.165) is 79.6 Å². The number of piperidine rings is 1. The Bertz CT molecular complexity index is 1490. The average Bonchev–Trinajstić information content (AvgIpc) is 3.38. The summed E-state index contributed by atoms with van der Waals surface area (Å²) >= 11 is 0. The maximum Gasteiger partial charge on any atom is 0.573 e. The van der Waals surface area contributed by atoms with Crippen molar-refractivity contribution in [3.63, 3.8) is 0 Å². The summed E-state index contributed by atoms with van der Waals surface area (Å²) in [5.41, 5.74) is 17.8. The lowest BCUT2D eigenvalue weighted by Crippen LogP contribution is -2.33. The molecule has 4 N–H and O–H groups in total. The van der Waals surface area contributed by atoms with E-state index in [0.29, 0.717) is 18.0 Å². The third-order valence-electron chi connectivity index (χ3n) is 8.14. The number of hydrogen-bond acceptors (Lipinski definition) is 5. The zero-order valence-electron chi connectivity index (χ0n) is 26.0. The highest BCUT2D eigenvalue weighted by Crippen LogP contribution is 2.37. The molecule has 3 aromatic carbocycles. The van der Waals surface area contributed by atoms with Gasteiger partial charge in [-0.15, -0.1) is 13.2 Å². The third-order valence-corrected chi connectivity index (χ3v) is 8.14. The molecular weight excluding hydrogens is 565 g/mol. The lowest BCUT2D eigenvalue weighted by atomic mass is 9.89. The van der Waals surface area contributed by atoms with Gasteiger partial charge in [-0.3, -0.25) is 4.90 Å². The molecule has 0 spiro atoms. The first-order valence-corrected chi connectivity index (χ1v) is 15.5. The highest BCUT2D eigenvalue weighted by atomic mass is 19.4. The number of aryl methyl sites for hydroxylation is 1. The summed E-state index contributed by atoms with van der Waals surface area (Å²) in [4.78, 5) is 2.50. The van der Waals surface area contributed by atoms with Gasteiger partial charge in [-0.05, 0) is 110 Å². The van der Waals surface area contributed by atoms with Crippen LogP contribution in [0.1, 0.15) is 49.8 Å². The van der Waals surface area contributed by atoms with Gasteiger partial charge in [-0.25, -0.2) is 0 Å². The average molecular weight is 611 g/mol. The van der Waals surface area contributed by atoms with Gasteiger partial charge in [-0.2, -0.15) is 0 Å². The van der Waals surface area contributed by atoms with Crippen molar-refractivity contribution < 1.29 is 22.6 Å². The molecule has 5 rings (SSSR count). The van der Waals surface area contributed by atoms with E-state index in [1.165, 1.54) is 23.3 Å². The van der Waals surface area contributed by atoms with Crippen molar-refractivity contribution in [2.45, 2.75) is 65.5 Å². The molecule has 0 saturated carbocycles. The van der Waals surface area contributed by atoms with Crippen LogP contribution in [-0.2, 0) is 26.1 Å². The second kappa shape index (κ2) is 15.5. The van der Waals surface area contributed by atoms with Crippen molar-refractivity contribution in [2.75, 3.05) is 26.7 Å². The van der Waals surface area contributed by atoms with Crippen molar-refractivity contribution >= 4 is 10.9 Å². The maximum atomic E-state index is 12.8. The van der Waals surface area contributed by atoms with E-state index >= 15 is 0 Å². The minimum atomic E-state index is -4.76. The fourth-order valence-corrected chi connectivity index (χ4v) is 6.04. The van der Waals surface area contributed by atoms with Crippen molar-refractivity contribution in [1.29, 1.82) is 0 Å². The van der Waals surface area contributed by atoms with E-state index < -0.39 is 6.36 Å². The molecule has 44 heavy (non-hydrogen) atoms. The van der Waals surface area contributed by atoms with Crippen LogP contribution in [0.15, 0.2) is 66.9 Å². The van der Waals surface area contributed by atoms with Crippen LogP contribution in [0.5, 0.6) is 11.5 Å². The van der Waals surface area contributed by atoms with E-state index in [9.17, 15) is 13.2 Å². The molecule has 1 saturated heterocycles. The fourth-order valence-electron chi connectivity index (χ4n) is 6.04. The number of alkyl halides is 3. The first-order chi connectivity index (χ1) is 21.3. The summed E-state index contributed by atoms with van der Waals surface area (Å²) in [6.45, 7) is 8.44. The number of benzene rings is 3. The van der Waals surface area contributed by atoms with Gasteiger partial charge in [0, 0.05) is 42.3 Å². The van der Waals surface area contributed by atoms with Crippen LogP contribution in [0.2, 0.25) is 0 Å². The Hall–Kier alpha value is -3.53. The van der Waals surface area contributed by atoms with Gasteiger partial charge in [-0.1, -0.05) is 38.1 Å². The molecule has 238 valence electrons. The highest BCUT2D eigenvalue weighted by molar-refractivity contribution is 5.97. The van der Waals surface area contributed by atoms with E-state index in [-0.39, 0.29) is 12.3 Å². The molecule has 0 unspecified atom stereocenters. The number of ether oxygens (including phenoxy) is 2. The molecule has 0 atom stereocenters. The minimum Gasteiger partial charge on any atom is -0.497 e. The van der Waals surface area contributed by atoms with Gasteiger partial charge < -0.3 is 25.5 Å². The summed E-state index contributed by atoms with van der Waals surface area (Å²) in [5.74, 6) is 1.21. The molecule has 1 aliphatic rings. The third kappa shape index (κ3) is 8.55. The number of likely N-dealkylation sites (tertiary alicyclic amines) is 1. The van der Waals surface area contributed by atoms with E-state index in [1.54, 1.807) is 13.2 Å². The first kappa shape index (κ1) is 33.4. The van der Waals surface area contributed by atoms with Gasteiger partial charge in [0.05, 0.1) is 7.11 Å². The summed E-state index contributed by atoms with van der Waals surface area (Å²) in [6, 6.07) is 19.3. The molecule has 1 fully saturated rings. The van der Waals surface area contributed by atoms with Gasteiger partial charge in [0.1, 0.15) is 11.5 Å². The Balaban J connectivity index is 0.00000216. The van der Waals surface area contributed by atoms with Crippen LogP contribution in [0.3, 0.4) is 0 Å². The molecular formula is C35H45F3N4O2. The zero-order chi connectivity index (χ0) is 31.7. The first-order valence-electron chi connectivity index (χ1n) is 15.5. The van der Waals surface area contributed by atoms with Gasteiger partial charge in [0.15, 0.2) is 0 Å². The van der Waals surface area contributed by atoms with Crippen LogP contribution < -0.4 is 20.9 Å². The number of methoxy groups -OCH3 is 1. The molecule has 4 aromatic rings. The van der Waals surface area contributed by atoms with Crippen LogP contribution in [-0.4, -0.2) is 42.6 Å². The molecule has 0 radical (unpaired) electrons. The largest absolute Gasteiger partial charge is 0.573 e. The van der Waals surface area contributed by atoms with E-state index in [2.05, 4.69) is 50.7 Å². The molecule has 0 amide bonds. The summed E-state index contributed by atoms with van der Waals surface area (Å²) in [7, 11) is 1.69. The smallest absolute Gasteiger partial charge is 0.497 e. The summed E-state index contributed by atoms with van der Waals surface area (Å²) < 4.78 is 50.2. The normalized spacial score (nSPS) is 14.4. The van der Waals surface area contributed by atoms with Crippen LogP contribution >= 0.6 is 0 Å². The standard InChI is InChI=1S/C33H39F3N4O2.C2H6/c1-41-27-5-2-4-25(17-27)21-39-14-10-23(11-15-39)16-24-6-9-32-30(18-24)31(22-40(32)13-3-12-37)29-8-7-28(19-26(29)20-38)42-33(34,35)36;1-2/h2,4-9,17-19,22-23H,3,10-16,20-21,37-38H2,1H3;1-2H3. The zero-order valence-corrected chi connectivity index (χ0v) is 26.0. The minimum absolute atomic E-state index is 0.0912. The van der Waals surface area contributed by atoms with Crippen molar-refractivity contribution in [2.24, 2.45) is 17.4 Å². The van der Waals surface area contributed by atoms with Crippen LogP contribution in [0, 0.1) is 5.92 Å². The number of rotatable bonds is 11. The quantitative estimate of drug-likeness (QED) is 0.184. The monoisotopic (exact) mass is 610 g/mol. The maximum absolute atomic E-state index is 12.8. The van der Waals surface area contributed by atoms with Crippen molar-refractivity contribution in [3.05, 3.63) is 83.6 Å². The predicted molar refractivity (Wildman–Crippen MR) is 172 cm³/mol. The number of nitrogens with zero attached hydrogens (tertiary/aromatic N) is 2. The molecule has 1 aliphatic heterocycles. The Labute approximate surface area is 258 Å². The number of hydrogen-bond donors (Lipinski definition) is 2. The van der Waals surface area contributed by atoms with Gasteiger partial charge in [0.25, 0.3) is 0 Å². The topological polar surface area (TPSA) is 78.7 Å².